The average Bonchev–Trinajstić information content (AvgIpc) is 3.40. The first kappa shape index (κ1) is 71.4. The molecule has 0 aliphatic heterocycles. The molecule has 0 saturated carbocycles. The fourth-order valence-corrected chi connectivity index (χ4v) is 9.69. The van der Waals surface area contributed by atoms with Gasteiger partial charge in [0.1, 0.15) is 13.2 Å². The summed E-state index contributed by atoms with van der Waals surface area (Å²) >= 11 is 0. The Balaban J connectivity index is 3.93. The summed E-state index contributed by atoms with van der Waals surface area (Å²) in [6.07, 6.45) is 79.0. The van der Waals surface area contributed by atoms with Crippen LogP contribution in [0.15, 0.2) is 48.6 Å². The minimum atomic E-state index is -0.773. The van der Waals surface area contributed by atoms with E-state index in [0.29, 0.717) is 19.3 Å². The van der Waals surface area contributed by atoms with Gasteiger partial charge in [-0.1, -0.05) is 301 Å². The molecule has 1 unspecified atom stereocenters. The van der Waals surface area contributed by atoms with Gasteiger partial charge in [0.05, 0.1) is 0 Å². The molecule has 0 radical (unpaired) electrons. The Hall–Kier alpha value is -2.63. The molecular formula is C68H124O6. The molecule has 74 heavy (non-hydrogen) atoms. The maximum atomic E-state index is 12.8. The lowest BCUT2D eigenvalue weighted by Crippen LogP contribution is -2.30. The highest BCUT2D eigenvalue weighted by Gasteiger charge is 2.19. The van der Waals surface area contributed by atoms with E-state index < -0.39 is 6.10 Å². The van der Waals surface area contributed by atoms with Gasteiger partial charge in [-0.2, -0.15) is 0 Å². The zero-order chi connectivity index (χ0) is 53.6. The summed E-state index contributed by atoms with van der Waals surface area (Å²) in [6, 6.07) is 0. The molecule has 0 N–H and O–H groups in total. The second-order valence-corrected chi connectivity index (χ2v) is 22.0. The minimum Gasteiger partial charge on any atom is -0.462 e. The Morgan fingerprint density at radius 2 is 0.527 bits per heavy atom. The van der Waals surface area contributed by atoms with Crippen molar-refractivity contribution in [1.29, 1.82) is 0 Å². The predicted molar refractivity (Wildman–Crippen MR) is 321 cm³/mol. The van der Waals surface area contributed by atoms with Crippen molar-refractivity contribution in [3.8, 4) is 0 Å². The van der Waals surface area contributed by atoms with E-state index in [1.54, 1.807) is 0 Å². The maximum absolute atomic E-state index is 12.8. The molecule has 0 spiro atoms. The lowest BCUT2D eigenvalue weighted by Gasteiger charge is -2.18. The van der Waals surface area contributed by atoms with Crippen LogP contribution in [0.2, 0.25) is 0 Å². The van der Waals surface area contributed by atoms with Gasteiger partial charge in [-0.05, 0) is 77.0 Å². The van der Waals surface area contributed by atoms with Gasteiger partial charge >= 0.3 is 17.9 Å². The van der Waals surface area contributed by atoms with Crippen LogP contribution in [0.5, 0.6) is 0 Å². The summed E-state index contributed by atoms with van der Waals surface area (Å²) in [5.41, 5.74) is 0. The van der Waals surface area contributed by atoms with Crippen molar-refractivity contribution in [3.63, 3.8) is 0 Å². The second kappa shape index (κ2) is 62.9. The highest BCUT2D eigenvalue weighted by Crippen LogP contribution is 2.18. The van der Waals surface area contributed by atoms with Crippen LogP contribution in [-0.2, 0) is 28.6 Å². The average molecular weight is 1040 g/mol. The zero-order valence-electron chi connectivity index (χ0n) is 49.6. The van der Waals surface area contributed by atoms with Gasteiger partial charge in [0, 0.05) is 19.3 Å². The number of allylic oxidation sites excluding steroid dienone is 8. The smallest absolute Gasteiger partial charge is 0.306 e. The van der Waals surface area contributed by atoms with Crippen LogP contribution in [0, 0.1) is 0 Å². The number of carbonyl (C=O) groups is 3. The van der Waals surface area contributed by atoms with Crippen LogP contribution in [0.1, 0.15) is 348 Å². The fraction of sp³-hybridized carbons (Fsp3) is 0.838. The number of hydrogen-bond donors (Lipinski definition) is 0. The Kier molecular flexibility index (Phi) is 60.7. The first-order valence-corrected chi connectivity index (χ1v) is 32.6. The Morgan fingerprint density at radius 1 is 0.284 bits per heavy atom. The Morgan fingerprint density at radius 3 is 0.838 bits per heavy atom. The molecule has 0 amide bonds. The molecule has 6 heteroatoms. The first-order valence-electron chi connectivity index (χ1n) is 32.6. The molecule has 0 aliphatic rings. The third-order valence-electron chi connectivity index (χ3n) is 14.6. The van der Waals surface area contributed by atoms with Crippen molar-refractivity contribution in [2.45, 2.75) is 354 Å². The summed E-state index contributed by atoms with van der Waals surface area (Å²) in [4.78, 5) is 37.9. The van der Waals surface area contributed by atoms with Crippen molar-refractivity contribution in [2.24, 2.45) is 0 Å². The predicted octanol–water partition coefficient (Wildman–Crippen LogP) is 22.2. The van der Waals surface area contributed by atoms with Crippen LogP contribution in [0.3, 0.4) is 0 Å². The van der Waals surface area contributed by atoms with Gasteiger partial charge < -0.3 is 14.2 Å². The molecule has 0 heterocycles. The molecule has 432 valence electrons. The summed E-state index contributed by atoms with van der Waals surface area (Å²) in [6.45, 7) is 6.50. The number of ether oxygens (including phenoxy) is 3. The van der Waals surface area contributed by atoms with Gasteiger partial charge in [0.25, 0.3) is 0 Å². The van der Waals surface area contributed by atoms with Crippen LogP contribution in [0.25, 0.3) is 0 Å². The molecule has 0 aromatic heterocycles. The Labute approximate surface area is 460 Å². The summed E-state index contributed by atoms with van der Waals surface area (Å²) in [5, 5.41) is 0. The van der Waals surface area contributed by atoms with Crippen LogP contribution >= 0.6 is 0 Å². The van der Waals surface area contributed by atoms with E-state index in [1.165, 1.54) is 225 Å². The molecule has 0 bridgehead atoms. The quantitative estimate of drug-likeness (QED) is 0.0261. The summed E-state index contributed by atoms with van der Waals surface area (Å²) in [7, 11) is 0. The highest BCUT2D eigenvalue weighted by molar-refractivity contribution is 5.71. The highest BCUT2D eigenvalue weighted by atomic mass is 16.6. The van der Waals surface area contributed by atoms with E-state index in [2.05, 4.69) is 69.4 Å². The molecule has 0 fully saturated rings. The summed E-state index contributed by atoms with van der Waals surface area (Å²) < 4.78 is 16.8. The molecule has 1 atom stereocenters. The second-order valence-electron chi connectivity index (χ2n) is 22.0. The molecule has 0 rings (SSSR count). The maximum Gasteiger partial charge on any atom is 0.306 e. The number of esters is 3. The van der Waals surface area contributed by atoms with E-state index in [-0.39, 0.29) is 31.1 Å². The molecule has 0 aromatic carbocycles. The minimum absolute atomic E-state index is 0.0737. The zero-order valence-corrected chi connectivity index (χ0v) is 49.6. The fourth-order valence-electron chi connectivity index (χ4n) is 9.69. The molecule has 0 aliphatic carbocycles. The molecular weight excluding hydrogens is 913 g/mol. The largest absolute Gasteiger partial charge is 0.462 e. The number of unbranched alkanes of at least 4 members (excludes halogenated alkanes) is 41. The van der Waals surface area contributed by atoms with Gasteiger partial charge in [0.15, 0.2) is 6.10 Å². The van der Waals surface area contributed by atoms with Crippen LogP contribution in [0.4, 0.5) is 0 Å². The lowest BCUT2D eigenvalue weighted by atomic mass is 10.0. The van der Waals surface area contributed by atoms with Gasteiger partial charge in [0.2, 0.25) is 0 Å². The summed E-state index contributed by atoms with van der Waals surface area (Å²) in [5.74, 6) is -0.877. The van der Waals surface area contributed by atoms with E-state index in [9.17, 15) is 14.4 Å². The van der Waals surface area contributed by atoms with Gasteiger partial charge in [-0.25, -0.2) is 0 Å². The van der Waals surface area contributed by atoms with Crippen molar-refractivity contribution in [3.05, 3.63) is 48.6 Å². The van der Waals surface area contributed by atoms with Crippen molar-refractivity contribution >= 4 is 17.9 Å². The SMILES string of the molecule is CC/C=C\C/C=C\C/C=C\CCCCCCCCCC(=O)OC(COC(=O)CCCCCCCC)COC(=O)CCCCCCCCCCCCCCCCCCCCCCC/C=C\CCCCCCCCCC. The number of carbonyl (C=O) groups excluding carboxylic acids is 3. The van der Waals surface area contributed by atoms with Gasteiger partial charge in [-0.15, -0.1) is 0 Å². The van der Waals surface area contributed by atoms with Crippen molar-refractivity contribution in [1.82, 2.24) is 0 Å². The van der Waals surface area contributed by atoms with Crippen LogP contribution in [-0.4, -0.2) is 37.2 Å². The normalized spacial score (nSPS) is 12.3. The third kappa shape index (κ3) is 60.2. The van der Waals surface area contributed by atoms with E-state index in [4.69, 9.17) is 14.2 Å². The van der Waals surface area contributed by atoms with Crippen molar-refractivity contribution in [2.75, 3.05) is 13.2 Å². The molecule has 0 saturated heterocycles. The number of hydrogen-bond acceptors (Lipinski definition) is 6. The lowest BCUT2D eigenvalue weighted by molar-refractivity contribution is -0.167. The third-order valence-corrected chi connectivity index (χ3v) is 14.6. The Bertz CT molecular complexity index is 1280. The number of rotatable bonds is 60. The van der Waals surface area contributed by atoms with Crippen LogP contribution < -0.4 is 0 Å². The van der Waals surface area contributed by atoms with Crippen molar-refractivity contribution < 1.29 is 28.6 Å². The monoisotopic (exact) mass is 1040 g/mol. The standard InChI is InChI=1S/C68H124O6/c1-4-7-10-13-16-18-20-22-24-26-27-28-29-30-31-32-33-34-35-36-37-38-39-40-41-43-44-46-48-50-52-55-58-61-67(70)73-64-65(63-72-66(69)60-57-54-15-12-9-6-3)74-68(71)62-59-56-53-51-49-47-45-42-25-23-21-19-17-14-11-8-5-2/h8,11,17,19,23,25-27,65H,4-7,9-10,12-16,18,20-22,24,28-64H2,1-3H3/b11-8-,19-17-,25-23-,27-26-. The molecule has 6 nitrogen and oxygen atoms in total. The first-order chi connectivity index (χ1) is 36.5. The van der Waals surface area contributed by atoms with E-state index >= 15 is 0 Å². The topological polar surface area (TPSA) is 78.9 Å². The van der Waals surface area contributed by atoms with Gasteiger partial charge in [-0.3, -0.25) is 14.4 Å². The molecule has 0 aromatic rings. The van der Waals surface area contributed by atoms with E-state index in [0.717, 1.165) is 83.5 Å². The van der Waals surface area contributed by atoms with E-state index in [1.807, 2.05) is 0 Å².